The van der Waals surface area contributed by atoms with Gasteiger partial charge in [0.25, 0.3) is 0 Å². The third kappa shape index (κ3) is 2.41. The van der Waals surface area contributed by atoms with E-state index in [4.69, 9.17) is 11.6 Å². The maximum Gasteiger partial charge on any atom is 0.211 e. The zero-order valence-corrected chi connectivity index (χ0v) is 11.4. The van der Waals surface area contributed by atoms with Crippen LogP contribution >= 0.6 is 11.6 Å². The first-order valence-corrected chi connectivity index (χ1v) is 7.71. The van der Waals surface area contributed by atoms with E-state index in [9.17, 15) is 18.6 Å². The lowest BCUT2D eigenvalue weighted by Crippen LogP contribution is -2.29. The number of benzene rings is 1. The molecule has 0 radical (unpaired) electrons. The van der Waals surface area contributed by atoms with Crippen molar-refractivity contribution in [3.63, 3.8) is 0 Å². The number of hydrogen-bond donors (Lipinski definition) is 2. The van der Waals surface area contributed by atoms with Crippen molar-refractivity contribution < 1.29 is 18.6 Å². The zero-order chi connectivity index (χ0) is 13.5. The number of halogens is 1. The number of rotatable bonds is 2. The fraction of sp³-hybridized carbons (Fsp3) is 0.455. The number of aromatic hydroxyl groups is 2. The molecule has 1 unspecified atom stereocenters. The van der Waals surface area contributed by atoms with Crippen molar-refractivity contribution in [3.05, 3.63) is 22.7 Å². The maximum atomic E-state index is 11.6. The lowest BCUT2D eigenvalue weighted by atomic mass is 10.0. The van der Waals surface area contributed by atoms with Crippen LogP contribution in [0.4, 0.5) is 0 Å². The van der Waals surface area contributed by atoms with E-state index in [-0.39, 0.29) is 16.5 Å². The van der Waals surface area contributed by atoms with Crippen molar-refractivity contribution >= 4 is 21.6 Å². The van der Waals surface area contributed by atoms with Gasteiger partial charge in [-0.25, -0.2) is 8.42 Å². The van der Waals surface area contributed by atoms with Crippen LogP contribution in [0.2, 0.25) is 5.02 Å². The number of phenolic OH excluding ortho intramolecular Hbond substituents is 2. The lowest BCUT2D eigenvalue weighted by molar-refractivity contribution is 0.380. The molecule has 1 fully saturated rings. The van der Waals surface area contributed by atoms with Crippen molar-refractivity contribution in [2.24, 2.45) is 0 Å². The van der Waals surface area contributed by atoms with E-state index in [0.29, 0.717) is 18.5 Å². The van der Waals surface area contributed by atoms with Gasteiger partial charge in [-0.05, 0) is 18.9 Å². The normalized spacial score (nSPS) is 21.3. The quantitative estimate of drug-likeness (QED) is 0.872. The fourth-order valence-corrected chi connectivity index (χ4v) is 3.60. The van der Waals surface area contributed by atoms with E-state index in [1.54, 1.807) is 0 Å². The minimum atomic E-state index is -3.32. The molecule has 100 valence electrons. The first-order valence-electron chi connectivity index (χ1n) is 5.49. The van der Waals surface area contributed by atoms with E-state index in [1.807, 2.05) is 0 Å². The summed E-state index contributed by atoms with van der Waals surface area (Å²) >= 11 is 5.80. The summed E-state index contributed by atoms with van der Waals surface area (Å²) in [7, 11) is -3.32. The second kappa shape index (κ2) is 4.60. The monoisotopic (exact) mass is 291 g/mol. The summed E-state index contributed by atoms with van der Waals surface area (Å²) in [5.41, 5.74) is 0.431. The number of nitrogens with zero attached hydrogens (tertiary/aromatic N) is 1. The lowest BCUT2D eigenvalue weighted by Gasteiger charge is -2.23. The standard InChI is InChI=1S/C11H14ClNO4S/c1-18(16,17)13-4-2-3-9(13)7-5-8(12)11(15)6-10(7)14/h5-6,9,14-15H,2-4H2,1H3. The first kappa shape index (κ1) is 13.5. The van der Waals surface area contributed by atoms with Gasteiger partial charge in [0.2, 0.25) is 10.0 Å². The Morgan fingerprint density at radius 3 is 2.61 bits per heavy atom. The van der Waals surface area contributed by atoms with E-state index in [1.165, 1.54) is 10.4 Å². The molecule has 1 aromatic rings. The molecule has 7 heteroatoms. The molecule has 1 aliphatic rings. The van der Waals surface area contributed by atoms with Crippen LogP contribution < -0.4 is 0 Å². The fourth-order valence-electron chi connectivity index (χ4n) is 2.28. The van der Waals surface area contributed by atoms with Crippen molar-refractivity contribution in [1.82, 2.24) is 4.31 Å². The highest BCUT2D eigenvalue weighted by Gasteiger charge is 2.34. The Hall–Kier alpha value is -0.980. The number of sulfonamides is 1. The van der Waals surface area contributed by atoms with Gasteiger partial charge in [0.05, 0.1) is 17.3 Å². The zero-order valence-electron chi connectivity index (χ0n) is 9.80. The van der Waals surface area contributed by atoms with Crippen molar-refractivity contribution in [2.75, 3.05) is 12.8 Å². The van der Waals surface area contributed by atoms with Gasteiger partial charge in [-0.1, -0.05) is 11.6 Å². The molecule has 2 N–H and O–H groups in total. The summed E-state index contributed by atoms with van der Waals surface area (Å²) in [6, 6.07) is 2.13. The Bertz CT molecular complexity index is 573. The summed E-state index contributed by atoms with van der Waals surface area (Å²) in [5.74, 6) is -0.362. The Kier molecular flexibility index (Phi) is 3.44. The van der Waals surface area contributed by atoms with Crippen LogP contribution in [-0.2, 0) is 10.0 Å². The van der Waals surface area contributed by atoms with Crippen molar-refractivity contribution in [3.8, 4) is 11.5 Å². The molecular formula is C11H14ClNO4S. The first-order chi connectivity index (χ1) is 8.30. The smallest absolute Gasteiger partial charge is 0.211 e. The molecule has 0 bridgehead atoms. The molecule has 0 aromatic heterocycles. The third-order valence-electron chi connectivity index (χ3n) is 3.08. The van der Waals surface area contributed by atoms with Gasteiger partial charge in [0.1, 0.15) is 11.5 Å². The third-order valence-corrected chi connectivity index (χ3v) is 4.68. The molecule has 1 heterocycles. The van der Waals surface area contributed by atoms with E-state index in [2.05, 4.69) is 0 Å². The minimum Gasteiger partial charge on any atom is -0.507 e. The van der Waals surface area contributed by atoms with Gasteiger partial charge in [-0.15, -0.1) is 0 Å². The minimum absolute atomic E-state index is 0.100. The van der Waals surface area contributed by atoms with Crippen LogP contribution in [0.3, 0.4) is 0 Å². The molecule has 1 aromatic carbocycles. The van der Waals surface area contributed by atoms with E-state index < -0.39 is 16.1 Å². The molecular weight excluding hydrogens is 278 g/mol. The molecule has 0 aliphatic carbocycles. The van der Waals surface area contributed by atoms with Gasteiger partial charge in [-0.3, -0.25) is 0 Å². The predicted molar refractivity (Wildman–Crippen MR) is 68.3 cm³/mol. The molecule has 0 amide bonds. The van der Waals surface area contributed by atoms with Gasteiger partial charge in [0, 0.05) is 18.2 Å². The molecule has 5 nitrogen and oxygen atoms in total. The summed E-state index contributed by atoms with van der Waals surface area (Å²) in [5, 5.41) is 19.3. The second-order valence-electron chi connectivity index (χ2n) is 4.39. The van der Waals surface area contributed by atoms with Gasteiger partial charge >= 0.3 is 0 Å². The molecule has 0 saturated carbocycles. The van der Waals surface area contributed by atoms with Crippen molar-refractivity contribution in [1.29, 1.82) is 0 Å². The summed E-state index contributed by atoms with van der Waals surface area (Å²) in [6.45, 7) is 0.432. The topological polar surface area (TPSA) is 77.8 Å². The van der Waals surface area contributed by atoms with Crippen LogP contribution in [-0.4, -0.2) is 35.7 Å². The van der Waals surface area contributed by atoms with Crippen LogP contribution in [0.25, 0.3) is 0 Å². The average molecular weight is 292 g/mol. The van der Waals surface area contributed by atoms with Crippen LogP contribution in [0, 0.1) is 0 Å². The summed E-state index contributed by atoms with van der Waals surface area (Å²) < 4.78 is 24.6. The molecule has 0 spiro atoms. The van der Waals surface area contributed by atoms with E-state index in [0.717, 1.165) is 18.7 Å². The molecule has 1 atom stereocenters. The van der Waals surface area contributed by atoms with Crippen LogP contribution in [0.5, 0.6) is 11.5 Å². The van der Waals surface area contributed by atoms with Gasteiger partial charge < -0.3 is 10.2 Å². The number of hydrogen-bond acceptors (Lipinski definition) is 4. The van der Waals surface area contributed by atoms with Crippen molar-refractivity contribution in [2.45, 2.75) is 18.9 Å². The highest BCUT2D eigenvalue weighted by atomic mass is 35.5. The molecule has 18 heavy (non-hydrogen) atoms. The Morgan fingerprint density at radius 1 is 1.33 bits per heavy atom. The summed E-state index contributed by atoms with van der Waals surface area (Å²) in [6.07, 6.45) is 2.50. The van der Waals surface area contributed by atoms with Gasteiger partial charge in [0.15, 0.2) is 0 Å². The average Bonchev–Trinajstić information content (AvgIpc) is 2.71. The Balaban J connectivity index is 2.46. The van der Waals surface area contributed by atoms with Crippen LogP contribution in [0.15, 0.2) is 12.1 Å². The van der Waals surface area contributed by atoms with Gasteiger partial charge in [-0.2, -0.15) is 4.31 Å². The SMILES string of the molecule is CS(=O)(=O)N1CCCC1c1cc(Cl)c(O)cc1O. The molecule has 1 saturated heterocycles. The number of phenols is 2. The Morgan fingerprint density at radius 2 is 2.00 bits per heavy atom. The summed E-state index contributed by atoms with van der Waals surface area (Å²) in [4.78, 5) is 0. The predicted octanol–water partition coefficient (Wildman–Crippen LogP) is 1.85. The second-order valence-corrected chi connectivity index (χ2v) is 6.74. The molecule has 2 rings (SSSR count). The largest absolute Gasteiger partial charge is 0.507 e. The maximum absolute atomic E-state index is 11.6. The highest BCUT2D eigenvalue weighted by molar-refractivity contribution is 7.88. The van der Waals surface area contributed by atoms with E-state index >= 15 is 0 Å². The Labute approximate surface area is 111 Å². The highest BCUT2D eigenvalue weighted by Crippen LogP contribution is 2.41. The molecule has 1 aliphatic heterocycles. The van der Waals surface area contributed by atoms with Crippen LogP contribution in [0.1, 0.15) is 24.4 Å².